The number of nitrogens with one attached hydrogen (secondary N) is 2. The summed E-state index contributed by atoms with van der Waals surface area (Å²) in [5.41, 5.74) is 0.727. The fourth-order valence-corrected chi connectivity index (χ4v) is 2.23. The van der Waals surface area contributed by atoms with Crippen molar-refractivity contribution < 1.29 is 18.8 Å². The highest BCUT2D eigenvalue weighted by Gasteiger charge is 2.10. The molecule has 0 aliphatic rings. The predicted molar refractivity (Wildman–Crippen MR) is 76.4 cm³/mol. The standard InChI is InChI=1S/C13H13N3O4S/c1-8(17)10-7-21-13(15-10)16-11(18)2-4-14-12(19)9-3-5-20-6-9/h3,5-7H,2,4H2,1H3,(H,14,19)(H,15,16,18). The van der Waals surface area contributed by atoms with Crippen LogP contribution in [-0.2, 0) is 4.79 Å². The zero-order valence-corrected chi connectivity index (χ0v) is 12.0. The Balaban J connectivity index is 1.74. The Hall–Kier alpha value is -2.48. The first-order valence-electron chi connectivity index (χ1n) is 6.13. The Kier molecular flexibility index (Phi) is 4.83. The third-order valence-corrected chi connectivity index (χ3v) is 3.29. The number of rotatable bonds is 6. The van der Waals surface area contributed by atoms with Gasteiger partial charge >= 0.3 is 0 Å². The van der Waals surface area contributed by atoms with Crippen LogP contribution in [0.1, 0.15) is 34.2 Å². The van der Waals surface area contributed by atoms with Crippen molar-refractivity contribution in [3.63, 3.8) is 0 Å². The van der Waals surface area contributed by atoms with Gasteiger partial charge in [0, 0.05) is 25.3 Å². The Morgan fingerprint density at radius 1 is 1.38 bits per heavy atom. The molecule has 2 amide bonds. The second kappa shape index (κ2) is 6.80. The Morgan fingerprint density at radius 2 is 2.19 bits per heavy atom. The number of thiazole rings is 1. The summed E-state index contributed by atoms with van der Waals surface area (Å²) in [7, 11) is 0. The van der Waals surface area contributed by atoms with Crippen molar-refractivity contribution in [3.05, 3.63) is 35.2 Å². The molecule has 0 atom stereocenters. The van der Waals surface area contributed by atoms with Crippen molar-refractivity contribution in [2.45, 2.75) is 13.3 Å². The first-order valence-corrected chi connectivity index (χ1v) is 7.01. The van der Waals surface area contributed by atoms with Crippen LogP contribution >= 0.6 is 11.3 Å². The van der Waals surface area contributed by atoms with E-state index in [1.165, 1.54) is 36.9 Å². The summed E-state index contributed by atoms with van der Waals surface area (Å²) in [6.45, 7) is 1.60. The molecular weight excluding hydrogens is 294 g/mol. The van der Waals surface area contributed by atoms with E-state index in [-0.39, 0.29) is 30.6 Å². The van der Waals surface area contributed by atoms with Gasteiger partial charge in [-0.3, -0.25) is 14.4 Å². The van der Waals surface area contributed by atoms with E-state index in [1.54, 1.807) is 5.38 Å². The highest BCUT2D eigenvalue weighted by atomic mass is 32.1. The van der Waals surface area contributed by atoms with Crippen molar-refractivity contribution in [3.8, 4) is 0 Å². The summed E-state index contributed by atoms with van der Waals surface area (Å²) in [6.07, 6.45) is 2.84. The molecule has 0 spiro atoms. The Bertz CT molecular complexity index is 648. The number of furan rings is 1. The van der Waals surface area contributed by atoms with Crippen LogP contribution < -0.4 is 10.6 Å². The third-order valence-electron chi connectivity index (χ3n) is 2.53. The highest BCUT2D eigenvalue weighted by molar-refractivity contribution is 7.14. The molecule has 0 saturated carbocycles. The van der Waals surface area contributed by atoms with Crippen molar-refractivity contribution in [1.29, 1.82) is 0 Å². The lowest BCUT2D eigenvalue weighted by Gasteiger charge is -2.03. The number of carbonyl (C=O) groups is 3. The van der Waals surface area contributed by atoms with Crippen molar-refractivity contribution in [1.82, 2.24) is 10.3 Å². The second-order valence-electron chi connectivity index (χ2n) is 4.16. The van der Waals surface area contributed by atoms with Crippen LogP contribution in [0.5, 0.6) is 0 Å². The zero-order chi connectivity index (χ0) is 15.2. The van der Waals surface area contributed by atoms with E-state index in [1.807, 2.05) is 0 Å². The lowest BCUT2D eigenvalue weighted by molar-refractivity contribution is -0.116. The van der Waals surface area contributed by atoms with E-state index in [4.69, 9.17) is 4.42 Å². The van der Waals surface area contributed by atoms with Gasteiger partial charge in [0.25, 0.3) is 5.91 Å². The van der Waals surface area contributed by atoms with Gasteiger partial charge in [0.05, 0.1) is 11.8 Å². The number of hydrogen-bond donors (Lipinski definition) is 2. The normalized spacial score (nSPS) is 10.1. The molecule has 7 nitrogen and oxygen atoms in total. The van der Waals surface area contributed by atoms with E-state index < -0.39 is 0 Å². The summed E-state index contributed by atoms with van der Waals surface area (Å²) in [4.78, 5) is 38.3. The zero-order valence-electron chi connectivity index (χ0n) is 11.2. The van der Waals surface area contributed by atoms with Gasteiger partial charge in [-0.1, -0.05) is 0 Å². The van der Waals surface area contributed by atoms with Gasteiger partial charge in [-0.25, -0.2) is 4.98 Å². The van der Waals surface area contributed by atoms with E-state index in [0.29, 0.717) is 16.4 Å². The van der Waals surface area contributed by atoms with Crippen molar-refractivity contribution in [2.24, 2.45) is 0 Å². The number of ketones is 1. The molecule has 2 N–H and O–H groups in total. The Labute approximate surface area is 124 Å². The lowest BCUT2D eigenvalue weighted by Crippen LogP contribution is -2.27. The van der Waals surface area contributed by atoms with Crippen LogP contribution in [0.15, 0.2) is 28.4 Å². The van der Waals surface area contributed by atoms with Crippen LogP contribution in [-0.4, -0.2) is 29.1 Å². The molecule has 21 heavy (non-hydrogen) atoms. The lowest BCUT2D eigenvalue weighted by atomic mass is 10.3. The molecule has 0 aliphatic heterocycles. The molecule has 2 rings (SSSR count). The van der Waals surface area contributed by atoms with Crippen LogP contribution in [0.2, 0.25) is 0 Å². The molecule has 0 bridgehead atoms. The minimum absolute atomic E-state index is 0.110. The van der Waals surface area contributed by atoms with Gasteiger partial charge in [-0.2, -0.15) is 0 Å². The number of nitrogens with zero attached hydrogens (tertiary/aromatic N) is 1. The molecule has 110 valence electrons. The molecule has 2 aromatic rings. The fraction of sp³-hybridized carbons (Fsp3) is 0.231. The van der Waals surface area contributed by atoms with Gasteiger partial charge < -0.3 is 15.1 Å². The van der Waals surface area contributed by atoms with E-state index in [2.05, 4.69) is 15.6 Å². The molecule has 0 unspecified atom stereocenters. The summed E-state index contributed by atoms with van der Waals surface area (Å²) in [6, 6.07) is 1.54. The van der Waals surface area contributed by atoms with E-state index >= 15 is 0 Å². The smallest absolute Gasteiger partial charge is 0.254 e. The number of amides is 2. The maximum Gasteiger partial charge on any atom is 0.254 e. The Morgan fingerprint density at radius 3 is 2.81 bits per heavy atom. The molecule has 2 heterocycles. The van der Waals surface area contributed by atoms with E-state index in [0.717, 1.165) is 0 Å². The topological polar surface area (TPSA) is 101 Å². The van der Waals surface area contributed by atoms with Gasteiger partial charge in [-0.05, 0) is 6.07 Å². The molecule has 0 saturated heterocycles. The highest BCUT2D eigenvalue weighted by Crippen LogP contribution is 2.15. The minimum Gasteiger partial charge on any atom is -0.472 e. The van der Waals surface area contributed by atoms with Gasteiger partial charge in [-0.15, -0.1) is 11.3 Å². The maximum atomic E-state index is 11.7. The molecule has 0 aromatic carbocycles. The molecule has 2 aromatic heterocycles. The second-order valence-corrected chi connectivity index (χ2v) is 5.02. The summed E-state index contributed by atoms with van der Waals surface area (Å²) in [5.74, 6) is -0.740. The largest absolute Gasteiger partial charge is 0.472 e. The van der Waals surface area contributed by atoms with Gasteiger partial charge in [0.1, 0.15) is 12.0 Å². The number of Topliss-reactive ketones (excluding diaryl/α,β-unsaturated/α-hetero) is 1. The predicted octanol–water partition coefficient (Wildman–Crippen LogP) is 1.70. The summed E-state index contributed by atoms with van der Waals surface area (Å²) < 4.78 is 4.79. The SMILES string of the molecule is CC(=O)c1csc(NC(=O)CCNC(=O)c2ccoc2)n1. The van der Waals surface area contributed by atoms with Crippen molar-refractivity contribution in [2.75, 3.05) is 11.9 Å². The molecular formula is C13H13N3O4S. The number of anilines is 1. The fourth-order valence-electron chi connectivity index (χ4n) is 1.46. The van der Waals surface area contributed by atoms with Gasteiger partial charge in [0.2, 0.25) is 5.91 Å². The number of hydrogen-bond acceptors (Lipinski definition) is 6. The first-order chi connectivity index (χ1) is 10.1. The van der Waals surface area contributed by atoms with E-state index in [9.17, 15) is 14.4 Å². The van der Waals surface area contributed by atoms with Crippen LogP contribution in [0.3, 0.4) is 0 Å². The number of aromatic nitrogens is 1. The first kappa shape index (κ1) is 14.9. The quantitative estimate of drug-likeness (QED) is 0.791. The summed E-state index contributed by atoms with van der Waals surface area (Å²) >= 11 is 1.18. The molecule has 0 fully saturated rings. The maximum absolute atomic E-state index is 11.7. The number of carbonyl (C=O) groups excluding carboxylic acids is 3. The van der Waals surface area contributed by atoms with Gasteiger partial charge in [0.15, 0.2) is 10.9 Å². The molecule has 0 radical (unpaired) electrons. The summed E-state index contributed by atoms with van der Waals surface area (Å²) in [5, 5.41) is 7.12. The monoisotopic (exact) mass is 307 g/mol. The third kappa shape index (κ3) is 4.25. The van der Waals surface area contributed by atoms with Crippen molar-refractivity contribution >= 4 is 34.1 Å². The average molecular weight is 307 g/mol. The molecule has 8 heteroatoms. The molecule has 0 aliphatic carbocycles. The minimum atomic E-state index is -0.301. The average Bonchev–Trinajstić information content (AvgIpc) is 3.09. The van der Waals surface area contributed by atoms with Crippen LogP contribution in [0, 0.1) is 0 Å². The van der Waals surface area contributed by atoms with Crippen LogP contribution in [0.4, 0.5) is 5.13 Å². The van der Waals surface area contributed by atoms with Crippen LogP contribution in [0.25, 0.3) is 0 Å².